The highest BCUT2D eigenvalue weighted by Gasteiger charge is 2.37. The van der Waals surface area contributed by atoms with Gasteiger partial charge in [-0.15, -0.1) is 0 Å². The highest BCUT2D eigenvalue weighted by atomic mass is 19.4. The van der Waals surface area contributed by atoms with Gasteiger partial charge in [0.1, 0.15) is 0 Å². The number of halogens is 3. The highest BCUT2D eigenvalue weighted by molar-refractivity contribution is 5.61. The van der Waals surface area contributed by atoms with Gasteiger partial charge in [-0.25, -0.2) is 0 Å². The summed E-state index contributed by atoms with van der Waals surface area (Å²) in [5.74, 6) is 0.309. The van der Waals surface area contributed by atoms with Gasteiger partial charge in [-0.1, -0.05) is 26.7 Å². The van der Waals surface area contributed by atoms with Crippen molar-refractivity contribution in [2.24, 2.45) is 5.92 Å². The van der Waals surface area contributed by atoms with E-state index >= 15 is 0 Å². The van der Waals surface area contributed by atoms with Crippen molar-refractivity contribution in [1.82, 2.24) is 0 Å². The number of nitrogens with zero attached hydrogens (tertiary/aromatic N) is 1. The van der Waals surface area contributed by atoms with E-state index in [0.717, 1.165) is 31.7 Å². The molecule has 118 valence electrons. The molecule has 21 heavy (non-hydrogen) atoms. The molecule has 1 aromatic carbocycles. The molecule has 1 saturated carbocycles. The van der Waals surface area contributed by atoms with Crippen LogP contribution in [0.15, 0.2) is 18.2 Å². The number of hydrogen-bond acceptors (Lipinski definition) is 2. The molecule has 0 aromatic heterocycles. The lowest BCUT2D eigenvalue weighted by molar-refractivity contribution is -0.137. The van der Waals surface area contributed by atoms with Crippen LogP contribution >= 0.6 is 0 Å². The minimum atomic E-state index is -4.38. The van der Waals surface area contributed by atoms with Crippen LogP contribution in [0.3, 0.4) is 0 Å². The van der Waals surface area contributed by atoms with Gasteiger partial charge in [0.15, 0.2) is 0 Å². The summed E-state index contributed by atoms with van der Waals surface area (Å²) >= 11 is 0. The van der Waals surface area contributed by atoms with Crippen LogP contribution in [0.25, 0.3) is 0 Å². The first kappa shape index (κ1) is 16.0. The second-order valence-corrected chi connectivity index (χ2v) is 6.26. The lowest BCUT2D eigenvalue weighted by Crippen LogP contribution is -2.37. The lowest BCUT2D eigenvalue weighted by Gasteiger charge is -2.34. The number of benzene rings is 1. The Hall–Kier alpha value is -1.39. The Labute approximate surface area is 124 Å². The fourth-order valence-electron chi connectivity index (χ4n) is 3.08. The van der Waals surface area contributed by atoms with Crippen molar-refractivity contribution in [1.29, 1.82) is 0 Å². The van der Waals surface area contributed by atoms with Crippen molar-refractivity contribution in [2.75, 3.05) is 17.2 Å². The smallest absolute Gasteiger partial charge is 0.399 e. The molecule has 1 aromatic rings. The predicted octanol–water partition coefficient (Wildman–Crippen LogP) is 4.69. The third kappa shape index (κ3) is 3.83. The predicted molar refractivity (Wildman–Crippen MR) is 80.3 cm³/mol. The summed E-state index contributed by atoms with van der Waals surface area (Å²) in [6.07, 6.45) is -0.257. The maximum absolute atomic E-state index is 13.3. The summed E-state index contributed by atoms with van der Waals surface area (Å²) in [7, 11) is 0. The summed E-state index contributed by atoms with van der Waals surface area (Å²) in [6.45, 7) is 4.71. The molecule has 0 heterocycles. The zero-order valence-corrected chi connectivity index (χ0v) is 12.6. The van der Waals surface area contributed by atoms with Crippen LogP contribution < -0.4 is 10.6 Å². The van der Waals surface area contributed by atoms with E-state index in [1.807, 2.05) is 18.7 Å². The maximum Gasteiger partial charge on any atom is 0.418 e. The Morgan fingerprint density at radius 2 is 1.86 bits per heavy atom. The van der Waals surface area contributed by atoms with Gasteiger partial charge in [0.2, 0.25) is 0 Å². The lowest BCUT2D eigenvalue weighted by atomic mass is 10.0. The van der Waals surface area contributed by atoms with Crippen LogP contribution in [-0.2, 0) is 6.18 Å². The molecule has 1 fully saturated rings. The second kappa shape index (κ2) is 6.16. The highest BCUT2D eigenvalue weighted by Crippen LogP contribution is 2.40. The van der Waals surface area contributed by atoms with Gasteiger partial charge in [0.05, 0.1) is 5.56 Å². The summed E-state index contributed by atoms with van der Waals surface area (Å²) < 4.78 is 40.0. The summed E-state index contributed by atoms with van der Waals surface area (Å²) in [5, 5.41) is 0. The topological polar surface area (TPSA) is 29.3 Å². The number of rotatable bonds is 4. The number of anilines is 2. The molecule has 0 bridgehead atoms. The number of nitrogen functional groups attached to an aromatic ring is 1. The van der Waals surface area contributed by atoms with Gasteiger partial charge in [0.25, 0.3) is 0 Å². The van der Waals surface area contributed by atoms with Crippen molar-refractivity contribution in [3.8, 4) is 0 Å². The van der Waals surface area contributed by atoms with Crippen molar-refractivity contribution >= 4 is 11.4 Å². The van der Waals surface area contributed by atoms with Gasteiger partial charge >= 0.3 is 6.18 Å². The number of alkyl halides is 3. The number of nitrogens with two attached hydrogens (primary N) is 1. The molecule has 0 unspecified atom stereocenters. The molecule has 0 atom stereocenters. The molecule has 2 rings (SSSR count). The standard InChI is InChI=1S/C16H23F3N2/c1-11(2)10-21(13-5-3-4-6-13)15-8-7-12(20)9-14(15)16(17,18)19/h7-9,11,13H,3-6,10,20H2,1-2H3. The van der Waals surface area contributed by atoms with Crippen LogP contribution in [0.5, 0.6) is 0 Å². The molecule has 0 saturated heterocycles. The SMILES string of the molecule is CC(C)CN(c1ccc(N)cc1C(F)(F)F)C1CCCC1. The molecule has 1 aliphatic rings. The second-order valence-electron chi connectivity index (χ2n) is 6.26. The maximum atomic E-state index is 13.3. The zero-order valence-electron chi connectivity index (χ0n) is 12.6. The van der Waals surface area contributed by atoms with Crippen molar-refractivity contribution in [2.45, 2.75) is 51.7 Å². The quantitative estimate of drug-likeness (QED) is 0.817. The fraction of sp³-hybridized carbons (Fsp3) is 0.625. The third-order valence-electron chi connectivity index (χ3n) is 3.96. The molecule has 2 N–H and O–H groups in total. The molecular weight excluding hydrogens is 277 g/mol. The molecule has 0 aliphatic heterocycles. The summed E-state index contributed by atoms with van der Waals surface area (Å²) in [4.78, 5) is 1.94. The largest absolute Gasteiger partial charge is 0.418 e. The van der Waals surface area contributed by atoms with Crippen LogP contribution in [-0.4, -0.2) is 12.6 Å². The van der Waals surface area contributed by atoms with Gasteiger partial charge in [0, 0.05) is 24.0 Å². The molecule has 5 heteroatoms. The van der Waals surface area contributed by atoms with Gasteiger partial charge in [-0.2, -0.15) is 13.2 Å². The average Bonchev–Trinajstić information content (AvgIpc) is 2.88. The van der Waals surface area contributed by atoms with Crippen molar-refractivity contribution in [3.05, 3.63) is 23.8 Å². The van der Waals surface area contributed by atoms with Crippen molar-refractivity contribution < 1.29 is 13.2 Å². The molecule has 1 aliphatic carbocycles. The van der Waals surface area contributed by atoms with Gasteiger partial charge in [-0.05, 0) is 37.0 Å². The van der Waals surface area contributed by atoms with Crippen molar-refractivity contribution in [3.63, 3.8) is 0 Å². The van der Waals surface area contributed by atoms with E-state index in [2.05, 4.69) is 0 Å². The number of hydrogen-bond donors (Lipinski definition) is 1. The zero-order chi connectivity index (χ0) is 15.6. The summed E-state index contributed by atoms with van der Waals surface area (Å²) in [5.41, 5.74) is 5.37. The normalized spacial score (nSPS) is 16.7. The van der Waals surface area contributed by atoms with Gasteiger partial charge < -0.3 is 10.6 Å². The molecule has 0 spiro atoms. The van der Waals surface area contributed by atoms with E-state index in [4.69, 9.17) is 5.73 Å². The van der Waals surface area contributed by atoms with Crippen LogP contribution in [0.1, 0.15) is 45.1 Å². The summed E-state index contributed by atoms with van der Waals surface area (Å²) in [6, 6.07) is 4.35. The van der Waals surface area contributed by atoms with E-state index in [1.165, 1.54) is 6.07 Å². The van der Waals surface area contributed by atoms with E-state index in [9.17, 15) is 13.2 Å². The minimum Gasteiger partial charge on any atom is -0.399 e. The Bertz CT molecular complexity index is 477. The van der Waals surface area contributed by atoms with E-state index < -0.39 is 11.7 Å². The first-order valence-electron chi connectivity index (χ1n) is 7.52. The van der Waals surface area contributed by atoms with E-state index in [-0.39, 0.29) is 17.4 Å². The van der Waals surface area contributed by atoms with Gasteiger partial charge in [-0.3, -0.25) is 0 Å². The fourth-order valence-corrected chi connectivity index (χ4v) is 3.08. The van der Waals surface area contributed by atoms with E-state index in [1.54, 1.807) is 6.07 Å². The average molecular weight is 300 g/mol. The first-order valence-corrected chi connectivity index (χ1v) is 7.52. The van der Waals surface area contributed by atoms with Crippen LogP contribution in [0.4, 0.5) is 24.5 Å². The Kier molecular flexibility index (Phi) is 4.69. The molecular formula is C16H23F3N2. The Morgan fingerprint density at radius 3 is 2.38 bits per heavy atom. The Balaban J connectivity index is 2.43. The Morgan fingerprint density at radius 1 is 1.24 bits per heavy atom. The van der Waals surface area contributed by atoms with E-state index in [0.29, 0.717) is 12.5 Å². The molecule has 2 nitrogen and oxygen atoms in total. The van der Waals surface area contributed by atoms with Crippen LogP contribution in [0.2, 0.25) is 0 Å². The third-order valence-corrected chi connectivity index (χ3v) is 3.96. The first-order chi connectivity index (χ1) is 9.79. The monoisotopic (exact) mass is 300 g/mol. The molecule has 0 radical (unpaired) electrons. The minimum absolute atomic E-state index is 0.155. The molecule has 0 amide bonds. The van der Waals surface area contributed by atoms with Crippen LogP contribution in [0, 0.1) is 5.92 Å².